The summed E-state index contributed by atoms with van der Waals surface area (Å²) in [6.07, 6.45) is -1.33. The van der Waals surface area contributed by atoms with Crippen molar-refractivity contribution in [1.82, 2.24) is 4.57 Å². The molecule has 2 N–H and O–H groups in total. The molecule has 2 unspecified atom stereocenters. The zero-order chi connectivity index (χ0) is 17.2. The number of carbonyl (C=O) groups excluding carboxylic acids is 1. The maximum atomic E-state index is 12.2. The van der Waals surface area contributed by atoms with Gasteiger partial charge in [-0.2, -0.15) is 5.26 Å². The second-order valence-electron chi connectivity index (χ2n) is 6.36. The van der Waals surface area contributed by atoms with Crippen LogP contribution in [0.15, 0.2) is 30.5 Å². The van der Waals surface area contributed by atoms with E-state index in [1.165, 1.54) is 4.57 Å². The number of hydrogen-bond acceptors (Lipinski definition) is 5. The van der Waals surface area contributed by atoms with E-state index in [4.69, 9.17) is 10.00 Å². The first-order chi connectivity index (χ1) is 10.7. The van der Waals surface area contributed by atoms with Crippen molar-refractivity contribution in [3.8, 4) is 6.07 Å². The molecule has 0 spiro atoms. The molecule has 1 aromatic carbocycles. The topological polar surface area (TPSA) is 95.5 Å². The molecule has 0 aliphatic heterocycles. The summed E-state index contributed by atoms with van der Waals surface area (Å²) in [7, 11) is 0. The van der Waals surface area contributed by atoms with Gasteiger partial charge >= 0.3 is 6.09 Å². The van der Waals surface area contributed by atoms with Crippen molar-refractivity contribution in [3.63, 3.8) is 0 Å². The number of ether oxygens (including phenoxy) is 1. The fourth-order valence-corrected chi connectivity index (χ4v) is 2.24. The molecule has 6 heteroatoms. The summed E-state index contributed by atoms with van der Waals surface area (Å²) in [5.74, 6) is 0. The number of fused-ring (bicyclic) bond motifs is 1. The Morgan fingerprint density at radius 2 is 2.04 bits per heavy atom. The van der Waals surface area contributed by atoms with E-state index >= 15 is 0 Å². The molecule has 2 rings (SSSR count). The van der Waals surface area contributed by atoms with E-state index in [-0.39, 0.29) is 6.42 Å². The number of carbonyl (C=O) groups is 1. The molecule has 0 bridgehead atoms. The zero-order valence-electron chi connectivity index (χ0n) is 13.4. The van der Waals surface area contributed by atoms with Crippen LogP contribution in [0.25, 0.3) is 10.9 Å². The maximum absolute atomic E-state index is 12.2. The van der Waals surface area contributed by atoms with Crippen LogP contribution in [-0.2, 0) is 4.74 Å². The van der Waals surface area contributed by atoms with Gasteiger partial charge in [-0.1, -0.05) is 6.07 Å². The molecule has 1 aromatic heterocycles. The van der Waals surface area contributed by atoms with Crippen LogP contribution in [0.4, 0.5) is 4.79 Å². The first-order valence-corrected chi connectivity index (χ1v) is 7.30. The smallest absolute Gasteiger partial charge is 0.418 e. The molecule has 0 saturated carbocycles. The van der Waals surface area contributed by atoms with Gasteiger partial charge in [0.05, 0.1) is 24.1 Å². The molecule has 0 amide bonds. The number of aromatic nitrogens is 1. The Hall–Kier alpha value is -2.36. The number of nitriles is 1. The van der Waals surface area contributed by atoms with Crippen LogP contribution >= 0.6 is 0 Å². The van der Waals surface area contributed by atoms with Gasteiger partial charge in [-0.3, -0.25) is 4.57 Å². The highest BCUT2D eigenvalue weighted by Crippen LogP contribution is 2.25. The van der Waals surface area contributed by atoms with Crippen molar-refractivity contribution in [1.29, 1.82) is 5.26 Å². The van der Waals surface area contributed by atoms with Crippen molar-refractivity contribution < 1.29 is 19.7 Å². The predicted octanol–water partition coefficient (Wildman–Crippen LogP) is 2.73. The molecule has 1 heterocycles. The summed E-state index contributed by atoms with van der Waals surface area (Å²) in [5, 5.41) is 29.1. The summed E-state index contributed by atoms with van der Waals surface area (Å²) in [6.45, 7) is 5.38. The summed E-state index contributed by atoms with van der Waals surface area (Å²) in [5.41, 5.74) is 0.540. The Bertz CT molecular complexity index is 752. The molecule has 0 aliphatic carbocycles. The fourth-order valence-electron chi connectivity index (χ4n) is 2.24. The third-order valence-electron chi connectivity index (χ3n) is 3.31. The summed E-state index contributed by atoms with van der Waals surface area (Å²) < 4.78 is 6.73. The van der Waals surface area contributed by atoms with Gasteiger partial charge in [0.25, 0.3) is 0 Å². The van der Waals surface area contributed by atoms with Gasteiger partial charge in [-0.05, 0) is 44.5 Å². The minimum atomic E-state index is -1.15. The van der Waals surface area contributed by atoms with E-state index in [0.717, 1.165) is 5.39 Å². The van der Waals surface area contributed by atoms with Crippen LogP contribution in [0.1, 0.15) is 38.9 Å². The van der Waals surface area contributed by atoms with Crippen molar-refractivity contribution in [2.24, 2.45) is 0 Å². The number of aliphatic hydroxyl groups excluding tert-OH is 2. The van der Waals surface area contributed by atoms with E-state index in [1.54, 1.807) is 51.2 Å². The SMILES string of the molecule is CC(C)(C)OC(=O)n1ccc2cc(C(O)C(O)CC#N)ccc21. The Kier molecular flexibility index (Phi) is 4.73. The summed E-state index contributed by atoms with van der Waals surface area (Å²) >= 11 is 0. The number of nitrogens with zero attached hydrogens (tertiary/aromatic N) is 2. The molecule has 0 saturated heterocycles. The third-order valence-corrected chi connectivity index (χ3v) is 3.31. The Morgan fingerprint density at radius 1 is 1.35 bits per heavy atom. The molecule has 0 fully saturated rings. The van der Waals surface area contributed by atoms with Gasteiger partial charge in [-0.15, -0.1) is 0 Å². The molecular formula is C17H20N2O4. The molecule has 0 radical (unpaired) electrons. The molecule has 23 heavy (non-hydrogen) atoms. The lowest BCUT2D eigenvalue weighted by molar-refractivity contribution is 0.0217. The largest absolute Gasteiger partial charge is 0.443 e. The summed E-state index contributed by atoms with van der Waals surface area (Å²) in [6, 6.07) is 8.53. The van der Waals surface area contributed by atoms with Gasteiger partial charge in [0.15, 0.2) is 0 Å². The van der Waals surface area contributed by atoms with Gasteiger partial charge < -0.3 is 14.9 Å². The second kappa shape index (κ2) is 6.41. The van der Waals surface area contributed by atoms with E-state index in [0.29, 0.717) is 11.1 Å². The molecule has 2 atom stereocenters. The lowest BCUT2D eigenvalue weighted by atomic mass is 10.0. The average Bonchev–Trinajstić information content (AvgIpc) is 2.87. The van der Waals surface area contributed by atoms with E-state index in [2.05, 4.69) is 0 Å². The number of benzene rings is 1. The van der Waals surface area contributed by atoms with Crippen molar-refractivity contribution in [2.75, 3.05) is 0 Å². The highest BCUT2D eigenvalue weighted by atomic mass is 16.6. The quantitative estimate of drug-likeness (QED) is 0.907. The zero-order valence-corrected chi connectivity index (χ0v) is 13.4. The average molecular weight is 316 g/mol. The van der Waals surface area contributed by atoms with Crippen LogP contribution < -0.4 is 0 Å². The molecule has 0 aliphatic rings. The van der Waals surface area contributed by atoms with Crippen LogP contribution in [0, 0.1) is 11.3 Å². The predicted molar refractivity (Wildman–Crippen MR) is 84.8 cm³/mol. The summed E-state index contributed by atoms with van der Waals surface area (Å²) in [4.78, 5) is 12.2. The van der Waals surface area contributed by atoms with Gasteiger partial charge in [-0.25, -0.2) is 4.79 Å². The van der Waals surface area contributed by atoms with Crippen molar-refractivity contribution >= 4 is 17.0 Å². The second-order valence-corrected chi connectivity index (χ2v) is 6.36. The van der Waals surface area contributed by atoms with Crippen LogP contribution in [-0.4, -0.2) is 32.6 Å². The van der Waals surface area contributed by atoms with Gasteiger partial charge in [0.1, 0.15) is 11.7 Å². The standard InChI is InChI=1S/C17H20N2O4/c1-17(2,3)23-16(22)19-9-7-11-10-12(4-5-13(11)19)15(21)14(20)6-8-18/h4-5,7,9-10,14-15,20-21H,6H2,1-3H3. The van der Waals surface area contributed by atoms with Crippen molar-refractivity contribution in [3.05, 3.63) is 36.0 Å². The van der Waals surface area contributed by atoms with E-state index in [1.807, 2.05) is 6.07 Å². The van der Waals surface area contributed by atoms with Crippen LogP contribution in [0.2, 0.25) is 0 Å². The minimum absolute atomic E-state index is 0.155. The molecular weight excluding hydrogens is 296 g/mol. The van der Waals surface area contributed by atoms with E-state index < -0.39 is 23.9 Å². The monoisotopic (exact) mass is 316 g/mol. The lowest BCUT2D eigenvalue weighted by Gasteiger charge is -2.20. The Labute approximate surface area is 134 Å². The first-order valence-electron chi connectivity index (χ1n) is 7.30. The number of rotatable bonds is 3. The highest BCUT2D eigenvalue weighted by Gasteiger charge is 2.21. The number of aliphatic hydroxyl groups is 2. The Balaban J connectivity index is 2.30. The first kappa shape index (κ1) is 17.0. The molecule has 6 nitrogen and oxygen atoms in total. The lowest BCUT2D eigenvalue weighted by Crippen LogP contribution is -2.26. The normalized spacial score (nSPS) is 14.3. The molecule has 2 aromatic rings. The van der Waals surface area contributed by atoms with Gasteiger partial charge in [0, 0.05) is 11.6 Å². The van der Waals surface area contributed by atoms with Gasteiger partial charge in [0.2, 0.25) is 0 Å². The number of hydrogen-bond donors (Lipinski definition) is 2. The van der Waals surface area contributed by atoms with Crippen molar-refractivity contribution in [2.45, 2.75) is 45.0 Å². The highest BCUT2D eigenvalue weighted by molar-refractivity contribution is 5.90. The van der Waals surface area contributed by atoms with E-state index in [9.17, 15) is 15.0 Å². The molecule has 122 valence electrons. The maximum Gasteiger partial charge on any atom is 0.418 e. The Morgan fingerprint density at radius 3 is 2.65 bits per heavy atom. The van der Waals surface area contributed by atoms with Crippen LogP contribution in [0.5, 0.6) is 0 Å². The third kappa shape index (κ3) is 3.89. The fraction of sp³-hybridized carbons (Fsp3) is 0.412. The minimum Gasteiger partial charge on any atom is -0.443 e. The van der Waals surface area contributed by atoms with Crippen LogP contribution in [0.3, 0.4) is 0 Å².